The van der Waals surface area contributed by atoms with E-state index in [0.717, 1.165) is 22.7 Å². The number of benzene rings is 1. The number of fused-ring (bicyclic) bond motifs is 1. The molecule has 0 fully saturated rings. The first-order valence-electron chi connectivity index (χ1n) is 6.29. The van der Waals surface area contributed by atoms with E-state index in [2.05, 4.69) is 17.2 Å². The van der Waals surface area contributed by atoms with Crippen LogP contribution < -0.4 is 11.1 Å². The van der Waals surface area contributed by atoms with E-state index in [0.29, 0.717) is 0 Å². The molecule has 1 unspecified atom stereocenters. The van der Waals surface area contributed by atoms with Gasteiger partial charge in [0.2, 0.25) is 0 Å². The summed E-state index contributed by atoms with van der Waals surface area (Å²) in [4.78, 5) is 4.28. The number of nitrogen functional groups attached to an aromatic ring is 1. The summed E-state index contributed by atoms with van der Waals surface area (Å²) in [6.07, 6.45) is 3.74. The van der Waals surface area contributed by atoms with Gasteiger partial charge in [0.15, 0.2) is 0 Å². The molecule has 0 saturated heterocycles. The molecule has 0 saturated carbocycles. The summed E-state index contributed by atoms with van der Waals surface area (Å²) in [7, 11) is 0. The lowest BCUT2D eigenvalue weighted by Gasteiger charge is -2.18. The highest BCUT2D eigenvalue weighted by Crippen LogP contribution is 2.24. The lowest BCUT2D eigenvalue weighted by Crippen LogP contribution is -2.11. The van der Waals surface area contributed by atoms with Crippen LogP contribution in [0.3, 0.4) is 0 Å². The summed E-state index contributed by atoms with van der Waals surface area (Å²) in [5.41, 5.74) is 8.84. The van der Waals surface area contributed by atoms with Gasteiger partial charge in [-0.3, -0.25) is 4.40 Å². The van der Waals surface area contributed by atoms with Crippen LogP contribution in [0.15, 0.2) is 54.9 Å². The normalized spacial score (nSPS) is 12.5. The predicted octanol–water partition coefficient (Wildman–Crippen LogP) is 3.09. The Morgan fingerprint density at radius 1 is 1.16 bits per heavy atom. The van der Waals surface area contributed by atoms with Crippen LogP contribution in [0.25, 0.3) is 5.65 Å². The topological polar surface area (TPSA) is 55.4 Å². The van der Waals surface area contributed by atoms with Gasteiger partial charge in [-0.05, 0) is 30.7 Å². The molecule has 3 N–H and O–H groups in total. The van der Waals surface area contributed by atoms with Crippen molar-refractivity contribution in [3.05, 3.63) is 60.4 Å². The number of aromatic nitrogens is 2. The average molecular weight is 252 g/mol. The Morgan fingerprint density at radius 2 is 2.00 bits per heavy atom. The van der Waals surface area contributed by atoms with Gasteiger partial charge in [0.1, 0.15) is 11.5 Å². The molecule has 0 radical (unpaired) electrons. The number of hydrogen-bond acceptors (Lipinski definition) is 3. The summed E-state index contributed by atoms with van der Waals surface area (Å²) in [6.45, 7) is 2.10. The molecule has 2 heterocycles. The fourth-order valence-corrected chi connectivity index (χ4v) is 2.27. The fourth-order valence-electron chi connectivity index (χ4n) is 2.27. The maximum atomic E-state index is 6.01. The van der Waals surface area contributed by atoms with E-state index in [1.807, 2.05) is 53.1 Å². The van der Waals surface area contributed by atoms with E-state index in [1.165, 1.54) is 0 Å². The lowest BCUT2D eigenvalue weighted by atomic mass is 10.1. The number of imidazole rings is 1. The van der Waals surface area contributed by atoms with Crippen molar-refractivity contribution in [1.29, 1.82) is 0 Å². The minimum absolute atomic E-state index is 0.134. The molecule has 4 nitrogen and oxygen atoms in total. The average Bonchev–Trinajstić information content (AvgIpc) is 2.88. The van der Waals surface area contributed by atoms with Crippen LogP contribution in [0.5, 0.6) is 0 Å². The van der Waals surface area contributed by atoms with Gasteiger partial charge in [-0.15, -0.1) is 0 Å². The van der Waals surface area contributed by atoms with Gasteiger partial charge in [-0.2, -0.15) is 0 Å². The van der Waals surface area contributed by atoms with Crippen molar-refractivity contribution in [3.63, 3.8) is 0 Å². The molecule has 19 heavy (non-hydrogen) atoms. The molecule has 3 aromatic rings. The molecule has 0 spiro atoms. The Hall–Kier alpha value is -2.49. The van der Waals surface area contributed by atoms with Gasteiger partial charge in [-0.1, -0.05) is 24.3 Å². The zero-order valence-corrected chi connectivity index (χ0v) is 10.7. The number of rotatable bonds is 3. The number of pyridine rings is 1. The van der Waals surface area contributed by atoms with Crippen LogP contribution >= 0.6 is 0 Å². The van der Waals surface area contributed by atoms with Crippen LogP contribution in [0.2, 0.25) is 0 Å². The molecule has 0 amide bonds. The van der Waals surface area contributed by atoms with E-state index in [1.54, 1.807) is 6.20 Å². The third kappa shape index (κ3) is 2.12. The number of hydrogen-bond donors (Lipinski definition) is 2. The largest absolute Gasteiger partial charge is 0.398 e. The minimum Gasteiger partial charge on any atom is -0.398 e. The number of nitrogens with one attached hydrogen (secondary N) is 1. The van der Waals surface area contributed by atoms with Crippen molar-refractivity contribution in [2.24, 2.45) is 0 Å². The molecule has 2 aromatic heterocycles. The smallest absolute Gasteiger partial charge is 0.138 e. The monoisotopic (exact) mass is 252 g/mol. The summed E-state index contributed by atoms with van der Waals surface area (Å²) in [5, 5.41) is 3.47. The first-order valence-corrected chi connectivity index (χ1v) is 6.29. The number of nitrogens with zero attached hydrogens (tertiary/aromatic N) is 2. The van der Waals surface area contributed by atoms with Crippen LogP contribution in [0.1, 0.15) is 18.5 Å². The van der Waals surface area contributed by atoms with Crippen molar-refractivity contribution in [1.82, 2.24) is 9.38 Å². The summed E-state index contributed by atoms with van der Waals surface area (Å²) >= 11 is 0. The molecule has 0 aliphatic carbocycles. The van der Waals surface area contributed by atoms with Gasteiger partial charge in [0.25, 0.3) is 0 Å². The summed E-state index contributed by atoms with van der Waals surface area (Å²) < 4.78 is 2.02. The van der Waals surface area contributed by atoms with Gasteiger partial charge in [-0.25, -0.2) is 4.98 Å². The van der Waals surface area contributed by atoms with Gasteiger partial charge < -0.3 is 11.1 Å². The number of para-hydroxylation sites is 1. The van der Waals surface area contributed by atoms with Crippen molar-refractivity contribution in [2.75, 3.05) is 11.1 Å². The first kappa shape index (κ1) is 11.6. The molecular weight excluding hydrogens is 236 g/mol. The molecule has 1 atom stereocenters. The third-order valence-electron chi connectivity index (χ3n) is 3.26. The first-order chi connectivity index (χ1) is 9.25. The van der Waals surface area contributed by atoms with Crippen molar-refractivity contribution >= 4 is 17.2 Å². The second kappa shape index (κ2) is 4.65. The fraction of sp³-hybridized carbons (Fsp3) is 0.133. The van der Waals surface area contributed by atoms with Crippen molar-refractivity contribution in [3.8, 4) is 0 Å². The summed E-state index contributed by atoms with van der Waals surface area (Å²) in [6, 6.07) is 14.0. The molecule has 4 heteroatoms. The Balaban J connectivity index is 1.93. The third-order valence-corrected chi connectivity index (χ3v) is 3.26. The molecule has 96 valence electrons. The second-order valence-corrected chi connectivity index (χ2v) is 4.56. The molecule has 0 bridgehead atoms. The maximum Gasteiger partial charge on any atom is 0.138 e. The highest BCUT2D eigenvalue weighted by molar-refractivity contribution is 5.54. The van der Waals surface area contributed by atoms with Crippen LogP contribution in [-0.2, 0) is 0 Å². The minimum atomic E-state index is 0.134. The van der Waals surface area contributed by atoms with Gasteiger partial charge >= 0.3 is 0 Å². The van der Waals surface area contributed by atoms with E-state index < -0.39 is 0 Å². The molecular formula is C15H16N4. The van der Waals surface area contributed by atoms with Crippen LogP contribution in [0, 0.1) is 0 Å². The quantitative estimate of drug-likeness (QED) is 0.704. The highest BCUT2D eigenvalue weighted by Gasteiger charge is 2.09. The lowest BCUT2D eigenvalue weighted by molar-refractivity contribution is 0.871. The van der Waals surface area contributed by atoms with E-state index in [9.17, 15) is 0 Å². The molecule has 0 aliphatic rings. The SMILES string of the molecule is CC(Nc1cccc2nccn12)c1ccccc1N. The second-order valence-electron chi connectivity index (χ2n) is 4.56. The number of anilines is 2. The van der Waals surface area contributed by atoms with Gasteiger partial charge in [0, 0.05) is 18.1 Å². The van der Waals surface area contributed by atoms with E-state index in [4.69, 9.17) is 5.73 Å². The molecule has 0 aliphatic heterocycles. The Labute approximate surface area is 111 Å². The Bertz CT molecular complexity index is 702. The Kier molecular flexibility index (Phi) is 2.83. The standard InChI is InChI=1S/C15H16N4/c1-11(12-5-2-3-6-13(12)16)18-15-8-4-7-14-17-9-10-19(14)15/h2-11,18H,16H2,1H3. The highest BCUT2D eigenvalue weighted by atomic mass is 15.1. The Morgan fingerprint density at radius 3 is 2.84 bits per heavy atom. The molecule has 3 rings (SSSR count). The van der Waals surface area contributed by atoms with E-state index >= 15 is 0 Å². The zero-order chi connectivity index (χ0) is 13.2. The van der Waals surface area contributed by atoms with Crippen molar-refractivity contribution < 1.29 is 0 Å². The van der Waals surface area contributed by atoms with Crippen LogP contribution in [0.4, 0.5) is 11.5 Å². The van der Waals surface area contributed by atoms with Crippen molar-refractivity contribution in [2.45, 2.75) is 13.0 Å². The molecule has 1 aromatic carbocycles. The van der Waals surface area contributed by atoms with Gasteiger partial charge in [0.05, 0.1) is 6.04 Å². The van der Waals surface area contributed by atoms with Crippen LogP contribution in [-0.4, -0.2) is 9.38 Å². The van der Waals surface area contributed by atoms with E-state index in [-0.39, 0.29) is 6.04 Å². The maximum absolute atomic E-state index is 6.01. The number of nitrogens with two attached hydrogens (primary N) is 1. The summed E-state index contributed by atoms with van der Waals surface area (Å²) in [5.74, 6) is 1.01. The zero-order valence-electron chi connectivity index (χ0n) is 10.7. The predicted molar refractivity (Wildman–Crippen MR) is 78.1 cm³/mol.